The molecule has 0 atom stereocenters. The molecule has 1 aromatic rings. The second-order valence-corrected chi connectivity index (χ2v) is 3.04. The number of nitrogens with zero attached hydrogens (tertiary/aromatic N) is 2. The maximum atomic E-state index is 10.2. The fourth-order valence-electron chi connectivity index (χ4n) is 1.32. The van der Waals surface area contributed by atoms with E-state index >= 15 is 0 Å². The Labute approximate surface area is 86.1 Å². The van der Waals surface area contributed by atoms with Gasteiger partial charge in [-0.2, -0.15) is 5.10 Å². The number of benzene rings is 1. The lowest BCUT2D eigenvalue weighted by Gasteiger charge is -2.23. The summed E-state index contributed by atoms with van der Waals surface area (Å²) in [6.45, 7) is 0.521. The second-order valence-electron chi connectivity index (χ2n) is 3.04. The molecule has 0 aromatic heterocycles. The highest BCUT2D eigenvalue weighted by molar-refractivity contribution is 5.82. The highest BCUT2D eigenvalue weighted by Gasteiger charge is 2.10. The van der Waals surface area contributed by atoms with E-state index < -0.39 is 6.09 Å². The van der Waals surface area contributed by atoms with Crippen molar-refractivity contribution in [1.29, 1.82) is 0 Å². The highest BCUT2D eigenvalue weighted by Crippen LogP contribution is 2.12. The number of carbonyl (C=O) groups is 1. The number of fused-ring (bicyclic) bond motifs is 1. The van der Waals surface area contributed by atoms with Crippen molar-refractivity contribution in [3.8, 4) is 0 Å². The van der Waals surface area contributed by atoms with E-state index in [-0.39, 0.29) is 0 Å². The summed E-state index contributed by atoms with van der Waals surface area (Å²) in [6.07, 6.45) is 0.527. The molecule has 0 saturated carbocycles. The molecule has 0 saturated heterocycles. The van der Waals surface area contributed by atoms with Crippen molar-refractivity contribution in [2.24, 2.45) is 5.10 Å². The topological polar surface area (TPSA) is 77.0 Å². The minimum absolute atomic E-state index is 0.521. The van der Waals surface area contributed by atoms with Crippen molar-refractivity contribution < 1.29 is 9.90 Å². The molecule has 1 aliphatic rings. The summed E-state index contributed by atoms with van der Waals surface area (Å²) in [6, 6.07) is 7.79. The summed E-state index contributed by atoms with van der Waals surface area (Å²) in [5, 5.41) is 13.8. The first-order chi connectivity index (χ1) is 7.25. The van der Waals surface area contributed by atoms with Crippen LogP contribution in [0.25, 0.3) is 0 Å². The molecule has 1 aromatic carbocycles. The molecule has 0 spiro atoms. The Morgan fingerprint density at radius 1 is 1.47 bits per heavy atom. The van der Waals surface area contributed by atoms with Crippen LogP contribution in [0.15, 0.2) is 29.4 Å². The van der Waals surface area contributed by atoms with Crippen molar-refractivity contribution in [1.82, 2.24) is 16.1 Å². The molecule has 0 fully saturated rings. The summed E-state index contributed by atoms with van der Waals surface area (Å²) >= 11 is 0. The van der Waals surface area contributed by atoms with E-state index in [0.717, 1.165) is 11.1 Å². The second kappa shape index (κ2) is 3.97. The van der Waals surface area contributed by atoms with Crippen LogP contribution in [0.1, 0.15) is 11.1 Å². The summed E-state index contributed by atoms with van der Waals surface area (Å²) < 4.78 is 0. The fourth-order valence-corrected chi connectivity index (χ4v) is 1.32. The molecule has 0 radical (unpaired) electrons. The Hall–Kier alpha value is -2.08. The first kappa shape index (κ1) is 9.47. The van der Waals surface area contributed by atoms with Gasteiger partial charge in [0.05, 0.1) is 12.8 Å². The third-order valence-corrected chi connectivity index (χ3v) is 2.00. The number of carboxylic acid groups (broad SMARTS) is 1. The number of hydrogen-bond donors (Lipinski definition) is 3. The maximum Gasteiger partial charge on any atom is 0.420 e. The SMILES string of the molecule is O=C(O)NNN1Cc2ccccc2C=N1. The van der Waals surface area contributed by atoms with Gasteiger partial charge in [-0.15, -0.1) is 5.53 Å². The van der Waals surface area contributed by atoms with Crippen molar-refractivity contribution >= 4 is 12.3 Å². The average molecular weight is 206 g/mol. The molecule has 1 heterocycles. The largest absolute Gasteiger partial charge is 0.464 e. The Morgan fingerprint density at radius 2 is 2.27 bits per heavy atom. The van der Waals surface area contributed by atoms with Crippen LogP contribution in [0.5, 0.6) is 0 Å². The van der Waals surface area contributed by atoms with Gasteiger partial charge < -0.3 is 5.11 Å². The molecule has 1 aliphatic heterocycles. The predicted molar refractivity (Wildman–Crippen MR) is 53.9 cm³/mol. The lowest BCUT2D eigenvalue weighted by atomic mass is 10.1. The molecule has 3 N–H and O–H groups in total. The molecule has 78 valence electrons. The molecule has 6 heteroatoms. The standard InChI is InChI=1S/C9H10N4O2/c14-9(15)11-12-13-6-8-4-2-1-3-7(8)5-10-13/h1-5,11-12H,6H2,(H,14,15). The molecule has 15 heavy (non-hydrogen) atoms. The number of hydrazine groups is 2. The minimum atomic E-state index is -1.15. The predicted octanol–water partition coefficient (Wildman–Crippen LogP) is 0.523. The van der Waals surface area contributed by atoms with Gasteiger partial charge in [-0.05, 0) is 11.1 Å². The molecule has 6 nitrogen and oxygen atoms in total. The smallest absolute Gasteiger partial charge is 0.420 e. The zero-order chi connectivity index (χ0) is 10.7. The van der Waals surface area contributed by atoms with Gasteiger partial charge >= 0.3 is 6.09 Å². The van der Waals surface area contributed by atoms with Crippen molar-refractivity contribution in [2.75, 3.05) is 0 Å². The molecular formula is C9H10N4O2. The zero-order valence-electron chi connectivity index (χ0n) is 7.84. The minimum Gasteiger partial charge on any atom is -0.464 e. The number of hydrogen-bond acceptors (Lipinski definition) is 4. The van der Waals surface area contributed by atoms with E-state index in [4.69, 9.17) is 5.11 Å². The van der Waals surface area contributed by atoms with E-state index in [1.807, 2.05) is 29.7 Å². The molecule has 0 bridgehead atoms. The quantitative estimate of drug-likeness (QED) is 0.616. The Balaban J connectivity index is 2.03. The Kier molecular flexibility index (Phi) is 2.51. The van der Waals surface area contributed by atoms with Crippen LogP contribution in [-0.2, 0) is 6.54 Å². The Morgan fingerprint density at radius 3 is 3.07 bits per heavy atom. The number of rotatable bonds is 2. The molecule has 2 rings (SSSR count). The summed E-state index contributed by atoms with van der Waals surface area (Å²) in [4.78, 5) is 10.2. The van der Waals surface area contributed by atoms with Gasteiger partial charge in [0.15, 0.2) is 0 Å². The van der Waals surface area contributed by atoms with Gasteiger partial charge in [-0.3, -0.25) is 0 Å². The van der Waals surface area contributed by atoms with Gasteiger partial charge in [-0.1, -0.05) is 24.3 Å². The molecular weight excluding hydrogens is 196 g/mol. The van der Waals surface area contributed by atoms with Gasteiger partial charge in [0, 0.05) is 0 Å². The zero-order valence-corrected chi connectivity index (χ0v) is 7.84. The number of hydrazone groups is 1. The fraction of sp³-hybridized carbons (Fsp3) is 0.111. The van der Waals surface area contributed by atoms with Crippen LogP contribution in [0, 0.1) is 0 Å². The third-order valence-electron chi connectivity index (χ3n) is 2.00. The van der Waals surface area contributed by atoms with Crippen LogP contribution >= 0.6 is 0 Å². The van der Waals surface area contributed by atoms with E-state index in [1.54, 1.807) is 6.21 Å². The van der Waals surface area contributed by atoms with E-state index in [9.17, 15) is 4.79 Å². The number of nitrogens with one attached hydrogen (secondary N) is 2. The summed E-state index contributed by atoms with van der Waals surface area (Å²) in [5.41, 5.74) is 6.61. The lowest BCUT2D eigenvalue weighted by molar-refractivity contribution is 0.128. The van der Waals surface area contributed by atoms with E-state index in [0.29, 0.717) is 6.54 Å². The highest BCUT2D eigenvalue weighted by atomic mass is 16.4. The van der Waals surface area contributed by atoms with Crippen LogP contribution in [-0.4, -0.2) is 22.5 Å². The number of amides is 1. The lowest BCUT2D eigenvalue weighted by Crippen LogP contribution is -2.47. The summed E-state index contributed by atoms with van der Waals surface area (Å²) in [5.74, 6) is 0. The molecule has 0 unspecified atom stereocenters. The average Bonchev–Trinajstić information content (AvgIpc) is 2.26. The first-order valence-corrected chi connectivity index (χ1v) is 4.40. The van der Waals surface area contributed by atoms with Crippen molar-refractivity contribution in [2.45, 2.75) is 6.54 Å². The van der Waals surface area contributed by atoms with Crippen LogP contribution in [0.3, 0.4) is 0 Å². The van der Waals surface area contributed by atoms with Crippen molar-refractivity contribution in [3.63, 3.8) is 0 Å². The maximum absolute atomic E-state index is 10.2. The van der Waals surface area contributed by atoms with Crippen LogP contribution < -0.4 is 11.0 Å². The monoisotopic (exact) mass is 206 g/mol. The van der Waals surface area contributed by atoms with Gasteiger partial charge in [0.1, 0.15) is 0 Å². The van der Waals surface area contributed by atoms with E-state index in [1.165, 1.54) is 5.12 Å². The third kappa shape index (κ3) is 2.23. The van der Waals surface area contributed by atoms with Crippen LogP contribution in [0.2, 0.25) is 0 Å². The van der Waals surface area contributed by atoms with Crippen molar-refractivity contribution in [3.05, 3.63) is 35.4 Å². The Bertz CT molecular complexity index is 405. The molecule has 1 amide bonds. The molecule has 0 aliphatic carbocycles. The van der Waals surface area contributed by atoms with Gasteiger partial charge in [-0.25, -0.2) is 15.3 Å². The first-order valence-electron chi connectivity index (χ1n) is 4.40. The van der Waals surface area contributed by atoms with Gasteiger partial charge in [0.2, 0.25) is 0 Å². The van der Waals surface area contributed by atoms with Gasteiger partial charge in [0.25, 0.3) is 0 Å². The normalized spacial score (nSPS) is 13.5. The van der Waals surface area contributed by atoms with Crippen LogP contribution in [0.4, 0.5) is 4.79 Å². The van der Waals surface area contributed by atoms with E-state index in [2.05, 4.69) is 10.6 Å². The summed E-state index contributed by atoms with van der Waals surface area (Å²) in [7, 11) is 0.